The smallest absolute Gasteiger partial charge is 0.265 e. The van der Waals surface area contributed by atoms with Gasteiger partial charge in [-0.25, -0.2) is 4.90 Å². The lowest BCUT2D eigenvalue weighted by atomic mass is 9.89. The van der Waals surface area contributed by atoms with Gasteiger partial charge in [0.1, 0.15) is 0 Å². The highest BCUT2D eigenvalue weighted by Gasteiger charge is 2.39. The van der Waals surface area contributed by atoms with Crippen LogP contribution in [0.3, 0.4) is 0 Å². The highest BCUT2D eigenvalue weighted by molar-refractivity contribution is 6.37. The van der Waals surface area contributed by atoms with E-state index in [1.807, 2.05) is 12.1 Å². The molecule has 5 heteroatoms. The molecule has 0 aliphatic carbocycles. The summed E-state index contributed by atoms with van der Waals surface area (Å²) in [5.74, 6) is -1.26. The van der Waals surface area contributed by atoms with Gasteiger partial charge in [-0.15, -0.1) is 0 Å². The molecule has 2 aromatic rings. The maximum Gasteiger partial charge on any atom is 0.265 e. The molecule has 0 radical (unpaired) electrons. The van der Waals surface area contributed by atoms with E-state index in [0.29, 0.717) is 28.4 Å². The number of para-hydroxylation sites is 1. The van der Waals surface area contributed by atoms with Gasteiger partial charge in [-0.1, -0.05) is 55.3 Å². The largest absolute Gasteiger partial charge is 0.296 e. The third-order valence-electron chi connectivity index (χ3n) is 4.20. The summed E-state index contributed by atoms with van der Waals surface area (Å²) in [5.41, 5.74) is 1.61. The number of benzene rings is 2. The normalized spacial score (nSPS) is 17.2. The van der Waals surface area contributed by atoms with Crippen molar-refractivity contribution in [1.29, 1.82) is 0 Å². The van der Waals surface area contributed by atoms with Gasteiger partial charge in [0.15, 0.2) is 0 Å². The number of aliphatic imine (C=N–C) groups is 1. The first-order valence-corrected chi connectivity index (χ1v) is 8.74. The molecule has 0 N–H and O–H groups in total. The lowest BCUT2D eigenvalue weighted by Crippen LogP contribution is -2.45. The van der Waals surface area contributed by atoms with Crippen molar-refractivity contribution in [3.63, 3.8) is 0 Å². The first-order valence-electron chi connectivity index (χ1n) is 8.36. The molecule has 3 rings (SSSR count). The second-order valence-electron chi connectivity index (χ2n) is 5.90. The van der Waals surface area contributed by atoms with Crippen LogP contribution < -0.4 is 4.90 Å². The number of carbonyl (C=O) groups is 2. The Morgan fingerprint density at radius 3 is 2.60 bits per heavy atom. The lowest BCUT2D eigenvalue weighted by Gasteiger charge is -2.31. The Balaban J connectivity index is 2.05. The summed E-state index contributed by atoms with van der Waals surface area (Å²) < 4.78 is 0. The summed E-state index contributed by atoms with van der Waals surface area (Å²) in [6.45, 7) is 2.76. The van der Waals surface area contributed by atoms with Gasteiger partial charge in [-0.3, -0.25) is 14.6 Å². The van der Waals surface area contributed by atoms with Crippen LogP contribution in [-0.4, -0.2) is 24.6 Å². The number of unbranched alkanes of at least 4 members (excludes halogenated alkanes) is 1. The van der Waals surface area contributed by atoms with E-state index < -0.39 is 5.92 Å². The number of anilines is 1. The summed E-state index contributed by atoms with van der Waals surface area (Å²) in [6, 6.07) is 14.0. The van der Waals surface area contributed by atoms with Crippen molar-refractivity contribution in [3.8, 4) is 0 Å². The second kappa shape index (κ2) is 7.62. The second-order valence-corrected chi connectivity index (χ2v) is 6.31. The molecule has 25 heavy (non-hydrogen) atoms. The average molecular weight is 355 g/mol. The molecule has 0 aromatic heterocycles. The van der Waals surface area contributed by atoms with E-state index in [2.05, 4.69) is 11.9 Å². The molecule has 4 nitrogen and oxygen atoms in total. The summed E-state index contributed by atoms with van der Waals surface area (Å²) >= 11 is 6.23. The molecule has 1 unspecified atom stereocenters. The maximum atomic E-state index is 13.1. The molecule has 1 atom stereocenters. The quantitative estimate of drug-likeness (QED) is 0.451. The molecule has 128 valence electrons. The zero-order valence-corrected chi connectivity index (χ0v) is 14.7. The summed E-state index contributed by atoms with van der Waals surface area (Å²) in [6.07, 6.45) is 3.66. The van der Waals surface area contributed by atoms with Crippen molar-refractivity contribution < 1.29 is 9.59 Å². The fraction of sp³-hybridized carbons (Fsp3) is 0.250. The summed E-state index contributed by atoms with van der Waals surface area (Å²) in [5, 5.41) is 0.366. The van der Waals surface area contributed by atoms with E-state index in [0.717, 1.165) is 12.8 Å². The molecule has 0 saturated heterocycles. The Bertz CT molecular complexity index is 832. The molecule has 2 amide bonds. The van der Waals surface area contributed by atoms with Crippen LogP contribution in [0, 0.1) is 0 Å². The van der Waals surface area contributed by atoms with Crippen LogP contribution in [0.1, 0.15) is 41.6 Å². The molecule has 0 saturated carbocycles. The Morgan fingerprint density at radius 1 is 1.12 bits per heavy atom. The first kappa shape index (κ1) is 17.4. The van der Waals surface area contributed by atoms with Crippen molar-refractivity contribution >= 4 is 35.3 Å². The molecule has 0 bridgehead atoms. The van der Waals surface area contributed by atoms with Crippen molar-refractivity contribution in [2.45, 2.75) is 25.7 Å². The molecule has 2 aromatic carbocycles. The number of halogens is 1. The van der Waals surface area contributed by atoms with Crippen LogP contribution in [0.5, 0.6) is 0 Å². The Labute approximate surface area is 152 Å². The van der Waals surface area contributed by atoms with Gasteiger partial charge in [-0.2, -0.15) is 0 Å². The minimum absolute atomic E-state index is 0.322. The van der Waals surface area contributed by atoms with Gasteiger partial charge >= 0.3 is 0 Å². The predicted molar refractivity (Wildman–Crippen MR) is 101 cm³/mol. The lowest BCUT2D eigenvalue weighted by molar-refractivity contribution is -0.118. The van der Waals surface area contributed by atoms with Gasteiger partial charge in [-0.05, 0) is 30.2 Å². The Morgan fingerprint density at radius 2 is 1.84 bits per heavy atom. The minimum Gasteiger partial charge on any atom is -0.296 e. The SMILES string of the molecule is CCCCN=CC1C(=O)N(c2ccccc2Cl)C(=O)c2ccccc21. The molecule has 0 fully saturated rings. The highest BCUT2D eigenvalue weighted by atomic mass is 35.5. The van der Waals surface area contributed by atoms with Crippen LogP contribution in [0.4, 0.5) is 5.69 Å². The number of hydrogen-bond donors (Lipinski definition) is 0. The highest BCUT2D eigenvalue weighted by Crippen LogP contribution is 2.35. The van der Waals surface area contributed by atoms with Gasteiger partial charge in [0.05, 0.1) is 16.6 Å². The van der Waals surface area contributed by atoms with Crippen LogP contribution >= 0.6 is 11.6 Å². The third-order valence-corrected chi connectivity index (χ3v) is 4.52. The van der Waals surface area contributed by atoms with Crippen molar-refractivity contribution in [2.24, 2.45) is 4.99 Å². The number of carbonyl (C=O) groups excluding carboxylic acids is 2. The van der Waals surface area contributed by atoms with E-state index in [9.17, 15) is 9.59 Å². The summed E-state index contributed by atoms with van der Waals surface area (Å²) in [4.78, 5) is 31.5. The molecule has 0 spiro atoms. The van der Waals surface area contributed by atoms with Gasteiger partial charge in [0, 0.05) is 18.3 Å². The van der Waals surface area contributed by atoms with E-state index in [1.54, 1.807) is 42.6 Å². The number of amides is 2. The Kier molecular flexibility index (Phi) is 5.29. The van der Waals surface area contributed by atoms with Crippen LogP contribution in [0.25, 0.3) is 0 Å². The number of rotatable bonds is 5. The molecular weight excluding hydrogens is 336 g/mol. The monoisotopic (exact) mass is 354 g/mol. The molecule has 1 aliphatic rings. The average Bonchev–Trinajstić information content (AvgIpc) is 2.63. The van der Waals surface area contributed by atoms with Crippen molar-refractivity contribution in [1.82, 2.24) is 0 Å². The topological polar surface area (TPSA) is 49.7 Å². The third kappa shape index (κ3) is 3.35. The van der Waals surface area contributed by atoms with E-state index in [-0.39, 0.29) is 11.8 Å². The zero-order chi connectivity index (χ0) is 17.8. The van der Waals surface area contributed by atoms with Crippen molar-refractivity contribution in [3.05, 3.63) is 64.7 Å². The molecule has 1 aliphatic heterocycles. The van der Waals surface area contributed by atoms with Crippen LogP contribution in [-0.2, 0) is 4.79 Å². The van der Waals surface area contributed by atoms with Gasteiger partial charge in [0.25, 0.3) is 5.91 Å². The van der Waals surface area contributed by atoms with E-state index >= 15 is 0 Å². The predicted octanol–water partition coefficient (Wildman–Crippen LogP) is 4.48. The molecule has 1 heterocycles. The maximum absolute atomic E-state index is 13.1. The first-order chi connectivity index (χ1) is 12.1. The van der Waals surface area contributed by atoms with Gasteiger partial charge in [0.2, 0.25) is 5.91 Å². The van der Waals surface area contributed by atoms with E-state index in [1.165, 1.54) is 4.90 Å². The van der Waals surface area contributed by atoms with Crippen LogP contribution in [0.15, 0.2) is 53.5 Å². The number of nitrogens with zero attached hydrogens (tertiary/aromatic N) is 2. The zero-order valence-electron chi connectivity index (χ0n) is 14.0. The number of fused-ring (bicyclic) bond motifs is 1. The van der Waals surface area contributed by atoms with Gasteiger partial charge < -0.3 is 0 Å². The van der Waals surface area contributed by atoms with E-state index in [4.69, 9.17) is 11.6 Å². The number of hydrogen-bond acceptors (Lipinski definition) is 3. The minimum atomic E-state index is -0.581. The number of imide groups is 1. The Hall–Kier alpha value is -2.46. The summed E-state index contributed by atoms with van der Waals surface area (Å²) in [7, 11) is 0. The fourth-order valence-electron chi connectivity index (χ4n) is 2.89. The standard InChI is InChI=1S/C20H19ClN2O2/c1-2-3-12-22-13-16-14-8-4-5-9-15(14)19(24)23(20(16)25)18-11-7-6-10-17(18)21/h4-11,13,16H,2-3,12H2,1H3. The van der Waals surface area contributed by atoms with Crippen molar-refractivity contribution in [2.75, 3.05) is 11.4 Å². The fourth-order valence-corrected chi connectivity index (χ4v) is 3.11. The molecular formula is C20H19ClN2O2. The van der Waals surface area contributed by atoms with Crippen LogP contribution in [0.2, 0.25) is 5.02 Å².